The van der Waals surface area contributed by atoms with E-state index in [-0.39, 0.29) is 0 Å². The van der Waals surface area contributed by atoms with E-state index < -0.39 is 0 Å². The second kappa shape index (κ2) is 4.19. The topological polar surface area (TPSA) is 24.1 Å². The molecule has 14 heavy (non-hydrogen) atoms. The van der Waals surface area contributed by atoms with Crippen LogP contribution in [0.1, 0.15) is 33.6 Å². The Kier molecular flexibility index (Phi) is 3.13. The van der Waals surface area contributed by atoms with Crippen LogP contribution < -0.4 is 10.6 Å². The van der Waals surface area contributed by atoms with Gasteiger partial charge in [0.25, 0.3) is 0 Å². The van der Waals surface area contributed by atoms with Crippen molar-refractivity contribution in [2.45, 2.75) is 45.7 Å². The summed E-state index contributed by atoms with van der Waals surface area (Å²) in [5.41, 5.74) is 0. The highest BCUT2D eigenvalue weighted by molar-refractivity contribution is 4.96. The normalized spacial score (nSPS) is 39.0. The van der Waals surface area contributed by atoms with Crippen LogP contribution in [0.5, 0.6) is 0 Å². The largest absolute Gasteiger partial charge is 0.316 e. The van der Waals surface area contributed by atoms with Crippen molar-refractivity contribution >= 4 is 0 Å². The molecule has 1 heterocycles. The molecule has 2 N–H and O–H groups in total. The highest BCUT2D eigenvalue weighted by Gasteiger charge is 2.39. The first-order valence-electron chi connectivity index (χ1n) is 6.15. The van der Waals surface area contributed by atoms with Gasteiger partial charge in [0, 0.05) is 12.1 Å². The smallest absolute Gasteiger partial charge is 0.0113 e. The molecular weight excluding hydrogens is 172 g/mol. The molecule has 0 aromatic rings. The molecule has 2 aliphatic rings. The Morgan fingerprint density at radius 1 is 1.14 bits per heavy atom. The van der Waals surface area contributed by atoms with Crippen molar-refractivity contribution in [3.8, 4) is 0 Å². The summed E-state index contributed by atoms with van der Waals surface area (Å²) >= 11 is 0. The van der Waals surface area contributed by atoms with Crippen LogP contribution in [0.2, 0.25) is 0 Å². The Morgan fingerprint density at radius 2 is 1.93 bits per heavy atom. The lowest BCUT2D eigenvalue weighted by Crippen LogP contribution is -2.42. The molecule has 0 spiro atoms. The molecule has 1 saturated carbocycles. The first-order valence-corrected chi connectivity index (χ1v) is 6.15. The van der Waals surface area contributed by atoms with E-state index >= 15 is 0 Å². The molecule has 4 atom stereocenters. The Bertz CT molecular complexity index is 191. The van der Waals surface area contributed by atoms with Gasteiger partial charge in [0.2, 0.25) is 0 Å². The highest BCUT2D eigenvalue weighted by Crippen LogP contribution is 2.34. The quantitative estimate of drug-likeness (QED) is 0.717. The molecule has 0 aromatic carbocycles. The van der Waals surface area contributed by atoms with E-state index in [0.717, 1.165) is 23.8 Å². The minimum absolute atomic E-state index is 0.666. The second-order valence-corrected chi connectivity index (χ2v) is 5.47. The molecule has 0 radical (unpaired) electrons. The van der Waals surface area contributed by atoms with E-state index in [9.17, 15) is 0 Å². The van der Waals surface area contributed by atoms with Gasteiger partial charge in [-0.25, -0.2) is 0 Å². The number of hydrogen-bond acceptors (Lipinski definition) is 2. The minimum Gasteiger partial charge on any atom is -0.316 e. The van der Waals surface area contributed by atoms with Crippen molar-refractivity contribution in [3.05, 3.63) is 0 Å². The van der Waals surface area contributed by atoms with Gasteiger partial charge in [-0.2, -0.15) is 0 Å². The summed E-state index contributed by atoms with van der Waals surface area (Å²) in [6, 6.07) is 1.45. The first kappa shape index (κ1) is 10.4. The van der Waals surface area contributed by atoms with Gasteiger partial charge in [0.05, 0.1) is 0 Å². The zero-order valence-corrected chi connectivity index (χ0v) is 9.72. The molecule has 1 saturated heterocycles. The Balaban J connectivity index is 1.86. The van der Waals surface area contributed by atoms with Crippen molar-refractivity contribution in [1.29, 1.82) is 0 Å². The van der Waals surface area contributed by atoms with Crippen LogP contribution in [-0.4, -0.2) is 25.2 Å². The number of hydrogen-bond donors (Lipinski definition) is 2. The molecule has 1 aliphatic carbocycles. The molecule has 2 nitrogen and oxygen atoms in total. The fourth-order valence-corrected chi connectivity index (χ4v) is 2.89. The van der Waals surface area contributed by atoms with Gasteiger partial charge in [-0.15, -0.1) is 0 Å². The lowest BCUT2D eigenvalue weighted by Gasteiger charge is -2.26. The second-order valence-electron chi connectivity index (χ2n) is 5.47. The van der Waals surface area contributed by atoms with Crippen LogP contribution in [0, 0.1) is 17.8 Å². The highest BCUT2D eigenvalue weighted by atomic mass is 15.0. The molecular formula is C12H24N2. The van der Waals surface area contributed by atoms with Crippen LogP contribution in [0.4, 0.5) is 0 Å². The third-order valence-electron chi connectivity index (χ3n) is 4.23. The van der Waals surface area contributed by atoms with Crippen LogP contribution >= 0.6 is 0 Å². The lowest BCUT2D eigenvalue weighted by molar-refractivity contribution is 0.318. The minimum atomic E-state index is 0.666. The van der Waals surface area contributed by atoms with Crippen molar-refractivity contribution in [2.75, 3.05) is 13.1 Å². The Morgan fingerprint density at radius 3 is 2.64 bits per heavy atom. The Hall–Kier alpha value is -0.0800. The summed E-state index contributed by atoms with van der Waals surface area (Å²) in [5.74, 6) is 2.63. The monoisotopic (exact) mass is 196 g/mol. The van der Waals surface area contributed by atoms with E-state index in [4.69, 9.17) is 0 Å². The molecule has 0 bridgehead atoms. The maximum atomic E-state index is 3.81. The maximum Gasteiger partial charge on any atom is 0.0113 e. The molecule has 82 valence electrons. The average molecular weight is 196 g/mol. The molecule has 2 rings (SSSR count). The van der Waals surface area contributed by atoms with E-state index in [0.29, 0.717) is 6.04 Å². The molecule has 1 aliphatic heterocycles. The van der Waals surface area contributed by atoms with Gasteiger partial charge < -0.3 is 10.6 Å². The van der Waals surface area contributed by atoms with Gasteiger partial charge in [0.15, 0.2) is 0 Å². The third-order valence-corrected chi connectivity index (χ3v) is 4.23. The summed E-state index contributed by atoms with van der Waals surface area (Å²) in [5, 5.41) is 7.33. The lowest BCUT2D eigenvalue weighted by atomic mass is 9.96. The van der Waals surface area contributed by atoms with Crippen molar-refractivity contribution in [3.63, 3.8) is 0 Å². The molecule has 0 aromatic heterocycles. The average Bonchev–Trinajstić information content (AvgIpc) is 2.69. The van der Waals surface area contributed by atoms with Crippen LogP contribution in [-0.2, 0) is 0 Å². The van der Waals surface area contributed by atoms with Gasteiger partial charge >= 0.3 is 0 Å². The fourth-order valence-electron chi connectivity index (χ4n) is 2.89. The van der Waals surface area contributed by atoms with Gasteiger partial charge in [-0.3, -0.25) is 0 Å². The third kappa shape index (κ3) is 1.96. The SMILES string of the molecule is CC(C)C(C)NC1CCC2CNCC21. The zero-order chi connectivity index (χ0) is 10.1. The van der Waals surface area contributed by atoms with Crippen LogP contribution in [0.3, 0.4) is 0 Å². The van der Waals surface area contributed by atoms with Gasteiger partial charge in [-0.1, -0.05) is 13.8 Å². The predicted molar refractivity (Wildman–Crippen MR) is 60.3 cm³/mol. The summed E-state index contributed by atoms with van der Waals surface area (Å²) < 4.78 is 0. The van der Waals surface area contributed by atoms with Crippen LogP contribution in [0.25, 0.3) is 0 Å². The summed E-state index contributed by atoms with van der Waals surface area (Å²) in [4.78, 5) is 0. The Labute approximate surface area is 87.8 Å². The maximum absolute atomic E-state index is 3.81. The fraction of sp³-hybridized carbons (Fsp3) is 1.00. The van der Waals surface area contributed by atoms with Crippen molar-refractivity contribution in [1.82, 2.24) is 10.6 Å². The van der Waals surface area contributed by atoms with E-state index in [1.807, 2.05) is 0 Å². The molecule has 0 amide bonds. The standard InChI is InChI=1S/C12H24N2/c1-8(2)9(3)14-12-5-4-10-6-13-7-11(10)12/h8-14H,4-7H2,1-3H3. The van der Waals surface area contributed by atoms with Crippen LogP contribution in [0.15, 0.2) is 0 Å². The van der Waals surface area contributed by atoms with Crippen molar-refractivity contribution in [2.24, 2.45) is 17.8 Å². The first-order chi connectivity index (χ1) is 6.68. The van der Waals surface area contributed by atoms with E-state index in [1.165, 1.54) is 25.9 Å². The van der Waals surface area contributed by atoms with Gasteiger partial charge in [0.1, 0.15) is 0 Å². The van der Waals surface area contributed by atoms with E-state index in [1.54, 1.807) is 0 Å². The number of nitrogens with one attached hydrogen (secondary N) is 2. The van der Waals surface area contributed by atoms with Gasteiger partial charge in [-0.05, 0) is 50.6 Å². The number of fused-ring (bicyclic) bond motifs is 1. The molecule has 2 heteroatoms. The molecule has 2 fully saturated rings. The zero-order valence-electron chi connectivity index (χ0n) is 9.72. The van der Waals surface area contributed by atoms with E-state index in [2.05, 4.69) is 31.4 Å². The summed E-state index contributed by atoms with van der Waals surface area (Å²) in [7, 11) is 0. The van der Waals surface area contributed by atoms with Crippen molar-refractivity contribution < 1.29 is 0 Å². The number of rotatable bonds is 3. The summed E-state index contributed by atoms with van der Waals surface area (Å²) in [6.45, 7) is 9.43. The molecule has 4 unspecified atom stereocenters. The summed E-state index contributed by atoms with van der Waals surface area (Å²) in [6.07, 6.45) is 2.83. The predicted octanol–water partition coefficient (Wildman–Crippen LogP) is 1.62.